The standard InChI is InChI=1S/C19H19ClN2O2/c1-12-4-7-14(8-5-12)21-17(23)11-22-16-9-6-13(20)10-15(16)19(2,3)18(22)24/h4-10H,11H2,1-3H3,(H,21,23). The molecule has 1 N–H and O–H groups in total. The minimum atomic E-state index is -0.690. The van der Waals surface area contributed by atoms with E-state index in [2.05, 4.69) is 5.32 Å². The summed E-state index contributed by atoms with van der Waals surface area (Å²) in [7, 11) is 0. The van der Waals surface area contributed by atoms with Gasteiger partial charge in [0.1, 0.15) is 6.54 Å². The summed E-state index contributed by atoms with van der Waals surface area (Å²) in [6.07, 6.45) is 0. The molecule has 3 rings (SSSR count). The molecular weight excluding hydrogens is 324 g/mol. The molecule has 0 aromatic heterocycles. The number of nitrogens with zero attached hydrogens (tertiary/aromatic N) is 1. The molecule has 0 bridgehead atoms. The molecule has 2 aromatic carbocycles. The van der Waals surface area contributed by atoms with Crippen LogP contribution in [-0.4, -0.2) is 18.4 Å². The molecule has 4 nitrogen and oxygen atoms in total. The lowest BCUT2D eigenvalue weighted by atomic mass is 9.86. The Balaban J connectivity index is 1.81. The Morgan fingerprint density at radius 2 is 1.83 bits per heavy atom. The van der Waals surface area contributed by atoms with Gasteiger partial charge in [-0.05, 0) is 56.7 Å². The summed E-state index contributed by atoms with van der Waals surface area (Å²) in [4.78, 5) is 26.6. The van der Waals surface area contributed by atoms with Crippen LogP contribution in [-0.2, 0) is 15.0 Å². The highest BCUT2D eigenvalue weighted by Crippen LogP contribution is 2.42. The van der Waals surface area contributed by atoms with Crippen molar-refractivity contribution in [3.63, 3.8) is 0 Å². The molecule has 0 radical (unpaired) electrons. The predicted molar refractivity (Wildman–Crippen MR) is 96.6 cm³/mol. The average Bonchev–Trinajstić information content (AvgIpc) is 2.71. The zero-order chi connectivity index (χ0) is 17.5. The molecule has 1 aliphatic heterocycles. The molecule has 5 heteroatoms. The van der Waals surface area contributed by atoms with Crippen molar-refractivity contribution >= 4 is 34.8 Å². The first-order chi connectivity index (χ1) is 11.3. The molecule has 0 saturated carbocycles. The number of amides is 2. The smallest absolute Gasteiger partial charge is 0.244 e. The van der Waals surface area contributed by atoms with Gasteiger partial charge in [-0.15, -0.1) is 0 Å². The van der Waals surface area contributed by atoms with Crippen LogP contribution in [0.25, 0.3) is 0 Å². The van der Waals surface area contributed by atoms with Gasteiger partial charge in [0.2, 0.25) is 11.8 Å². The molecule has 124 valence electrons. The summed E-state index contributed by atoms with van der Waals surface area (Å²) >= 11 is 6.06. The molecule has 1 aliphatic rings. The molecule has 0 atom stereocenters. The molecule has 0 aliphatic carbocycles. The zero-order valence-electron chi connectivity index (χ0n) is 13.9. The molecule has 0 saturated heterocycles. The lowest BCUT2D eigenvalue weighted by Gasteiger charge is -2.20. The second kappa shape index (κ2) is 5.95. The van der Waals surface area contributed by atoms with Crippen molar-refractivity contribution in [3.8, 4) is 0 Å². The summed E-state index contributed by atoms with van der Waals surface area (Å²) in [5.41, 5.74) is 2.74. The topological polar surface area (TPSA) is 49.4 Å². The molecule has 2 aromatic rings. The van der Waals surface area contributed by atoms with Gasteiger partial charge in [0.15, 0.2) is 0 Å². The van der Waals surface area contributed by atoms with Gasteiger partial charge in [-0.25, -0.2) is 0 Å². The maximum absolute atomic E-state index is 12.7. The fraction of sp³-hybridized carbons (Fsp3) is 0.263. The molecule has 2 amide bonds. The normalized spacial score (nSPS) is 15.3. The van der Waals surface area contributed by atoms with Crippen molar-refractivity contribution in [2.24, 2.45) is 0 Å². The van der Waals surface area contributed by atoms with Crippen LogP contribution in [0.3, 0.4) is 0 Å². The van der Waals surface area contributed by atoms with Gasteiger partial charge in [0.05, 0.1) is 5.41 Å². The van der Waals surface area contributed by atoms with Crippen LogP contribution in [0.4, 0.5) is 11.4 Å². The van der Waals surface area contributed by atoms with E-state index in [0.717, 1.165) is 16.8 Å². The van der Waals surface area contributed by atoms with Gasteiger partial charge in [-0.1, -0.05) is 29.3 Å². The summed E-state index contributed by atoms with van der Waals surface area (Å²) in [6, 6.07) is 12.9. The Bertz CT molecular complexity index is 813. The van der Waals surface area contributed by atoms with Gasteiger partial charge in [0, 0.05) is 16.4 Å². The monoisotopic (exact) mass is 342 g/mol. The van der Waals surface area contributed by atoms with Crippen LogP contribution >= 0.6 is 11.6 Å². The maximum Gasteiger partial charge on any atom is 0.244 e. The quantitative estimate of drug-likeness (QED) is 0.919. The van der Waals surface area contributed by atoms with Crippen molar-refractivity contribution in [2.45, 2.75) is 26.2 Å². The second-order valence-corrected chi connectivity index (χ2v) is 7.03. The fourth-order valence-corrected chi connectivity index (χ4v) is 3.12. The lowest BCUT2D eigenvalue weighted by molar-refractivity contribution is -0.124. The Labute approximate surface area is 146 Å². The van der Waals surface area contributed by atoms with Crippen LogP contribution < -0.4 is 10.2 Å². The first-order valence-electron chi connectivity index (χ1n) is 7.77. The van der Waals surface area contributed by atoms with E-state index < -0.39 is 5.41 Å². The predicted octanol–water partition coefficient (Wildman–Crippen LogP) is 3.91. The van der Waals surface area contributed by atoms with E-state index in [0.29, 0.717) is 10.7 Å². The van der Waals surface area contributed by atoms with Crippen molar-refractivity contribution < 1.29 is 9.59 Å². The lowest BCUT2D eigenvalue weighted by Crippen LogP contribution is -2.40. The number of fused-ring (bicyclic) bond motifs is 1. The zero-order valence-corrected chi connectivity index (χ0v) is 14.6. The minimum Gasteiger partial charge on any atom is -0.325 e. The Hall–Kier alpha value is -2.33. The summed E-state index contributed by atoms with van der Waals surface area (Å²) in [5, 5.41) is 3.41. The number of aryl methyl sites for hydroxylation is 1. The third kappa shape index (κ3) is 2.89. The van der Waals surface area contributed by atoms with Crippen molar-refractivity contribution in [2.75, 3.05) is 16.8 Å². The fourth-order valence-electron chi connectivity index (χ4n) is 2.94. The summed E-state index contributed by atoms with van der Waals surface area (Å²) in [6.45, 7) is 5.66. The van der Waals surface area contributed by atoms with Crippen LogP contribution in [0, 0.1) is 6.92 Å². The van der Waals surface area contributed by atoms with E-state index in [1.165, 1.54) is 4.90 Å². The van der Waals surface area contributed by atoms with Crippen LogP contribution in [0.2, 0.25) is 5.02 Å². The van der Waals surface area contributed by atoms with E-state index in [-0.39, 0.29) is 18.4 Å². The third-order valence-corrected chi connectivity index (χ3v) is 4.57. The number of nitrogens with one attached hydrogen (secondary N) is 1. The molecule has 0 unspecified atom stereocenters. The highest BCUT2D eigenvalue weighted by atomic mass is 35.5. The molecule has 24 heavy (non-hydrogen) atoms. The van der Waals surface area contributed by atoms with E-state index in [9.17, 15) is 9.59 Å². The molecule has 1 heterocycles. The van der Waals surface area contributed by atoms with Crippen LogP contribution in [0.1, 0.15) is 25.0 Å². The van der Waals surface area contributed by atoms with Gasteiger partial charge < -0.3 is 10.2 Å². The van der Waals surface area contributed by atoms with E-state index in [1.54, 1.807) is 18.2 Å². The first kappa shape index (κ1) is 16.5. The van der Waals surface area contributed by atoms with Crippen LogP contribution in [0.15, 0.2) is 42.5 Å². The van der Waals surface area contributed by atoms with E-state index in [1.807, 2.05) is 45.0 Å². The molecular formula is C19H19ClN2O2. The number of benzene rings is 2. The SMILES string of the molecule is Cc1ccc(NC(=O)CN2C(=O)C(C)(C)c3cc(Cl)ccc32)cc1. The number of anilines is 2. The van der Waals surface area contributed by atoms with Crippen molar-refractivity contribution in [1.29, 1.82) is 0 Å². The van der Waals surface area contributed by atoms with E-state index in [4.69, 9.17) is 11.6 Å². The number of hydrogen-bond acceptors (Lipinski definition) is 2. The maximum atomic E-state index is 12.7. The van der Waals surface area contributed by atoms with Gasteiger partial charge in [-0.2, -0.15) is 0 Å². The third-order valence-electron chi connectivity index (χ3n) is 4.34. The van der Waals surface area contributed by atoms with Gasteiger partial charge in [-0.3, -0.25) is 9.59 Å². The average molecular weight is 343 g/mol. The van der Waals surface area contributed by atoms with Crippen molar-refractivity contribution in [1.82, 2.24) is 0 Å². The van der Waals surface area contributed by atoms with Crippen LogP contribution in [0.5, 0.6) is 0 Å². The summed E-state index contributed by atoms with van der Waals surface area (Å²) < 4.78 is 0. The van der Waals surface area contributed by atoms with E-state index >= 15 is 0 Å². The Kier molecular flexibility index (Phi) is 4.10. The van der Waals surface area contributed by atoms with Gasteiger partial charge >= 0.3 is 0 Å². The molecule has 0 spiro atoms. The number of hydrogen-bond donors (Lipinski definition) is 1. The summed E-state index contributed by atoms with van der Waals surface area (Å²) in [5.74, 6) is -0.329. The Morgan fingerprint density at radius 3 is 2.50 bits per heavy atom. The number of carbonyl (C=O) groups excluding carboxylic acids is 2. The number of halogens is 1. The Morgan fingerprint density at radius 1 is 1.17 bits per heavy atom. The number of carbonyl (C=O) groups is 2. The second-order valence-electron chi connectivity index (χ2n) is 6.59. The number of rotatable bonds is 3. The first-order valence-corrected chi connectivity index (χ1v) is 8.15. The highest BCUT2D eigenvalue weighted by Gasteiger charge is 2.44. The van der Waals surface area contributed by atoms with Crippen molar-refractivity contribution in [3.05, 3.63) is 58.6 Å². The van der Waals surface area contributed by atoms with Gasteiger partial charge in [0.25, 0.3) is 0 Å². The minimum absolute atomic E-state index is 0.0230. The highest BCUT2D eigenvalue weighted by molar-refractivity contribution is 6.31. The molecule has 0 fully saturated rings. The largest absolute Gasteiger partial charge is 0.325 e.